The van der Waals surface area contributed by atoms with Gasteiger partial charge in [0.2, 0.25) is 0 Å². The fourth-order valence-corrected chi connectivity index (χ4v) is 3.03. The third-order valence-corrected chi connectivity index (χ3v) is 4.79. The lowest BCUT2D eigenvalue weighted by atomic mass is 10.1. The molecule has 0 fully saturated rings. The van der Waals surface area contributed by atoms with Crippen molar-refractivity contribution in [3.63, 3.8) is 0 Å². The van der Waals surface area contributed by atoms with Crippen LogP contribution < -0.4 is 15.4 Å². The third kappa shape index (κ3) is 6.16. The van der Waals surface area contributed by atoms with Crippen molar-refractivity contribution < 1.29 is 9.53 Å². The maximum absolute atomic E-state index is 12.5. The molecule has 0 heterocycles. The van der Waals surface area contributed by atoms with Crippen molar-refractivity contribution in [1.29, 1.82) is 0 Å². The average molecular weight is 405 g/mol. The molecule has 0 atom stereocenters. The van der Waals surface area contributed by atoms with E-state index in [0.29, 0.717) is 17.9 Å². The van der Waals surface area contributed by atoms with Crippen LogP contribution in [-0.2, 0) is 6.42 Å². The first-order valence-electron chi connectivity index (χ1n) is 9.47. The summed E-state index contributed by atoms with van der Waals surface area (Å²) >= 11 is 5.27. The lowest BCUT2D eigenvalue weighted by Gasteiger charge is -2.12. The molecule has 0 aromatic heterocycles. The van der Waals surface area contributed by atoms with Gasteiger partial charge >= 0.3 is 0 Å². The number of hydrogen-bond donors (Lipinski definition) is 2. The second-order valence-electron chi connectivity index (χ2n) is 6.82. The molecule has 0 saturated heterocycles. The number of nitrogens with one attached hydrogen (secondary N) is 2. The Bertz CT molecular complexity index is 1000. The quantitative estimate of drug-likeness (QED) is 0.565. The Balaban J connectivity index is 1.54. The SMILES string of the molecule is Cc1ccc(NC(=S)NC(=O)c2cccc(OCCc3ccccc3)c2)cc1C. The Hall–Kier alpha value is -3.18. The number of anilines is 1. The van der Waals surface area contributed by atoms with Gasteiger partial charge in [-0.05, 0) is 73.1 Å². The normalized spacial score (nSPS) is 10.3. The third-order valence-electron chi connectivity index (χ3n) is 4.59. The summed E-state index contributed by atoms with van der Waals surface area (Å²) in [4.78, 5) is 12.5. The topological polar surface area (TPSA) is 50.4 Å². The van der Waals surface area contributed by atoms with Gasteiger partial charge in [-0.1, -0.05) is 42.5 Å². The molecule has 2 N–H and O–H groups in total. The Labute approximate surface area is 176 Å². The summed E-state index contributed by atoms with van der Waals surface area (Å²) in [6, 6.07) is 23.2. The summed E-state index contributed by atoms with van der Waals surface area (Å²) in [7, 11) is 0. The number of amides is 1. The van der Waals surface area contributed by atoms with Crippen molar-refractivity contribution in [3.8, 4) is 5.75 Å². The van der Waals surface area contributed by atoms with Crippen LogP contribution in [0.1, 0.15) is 27.0 Å². The van der Waals surface area contributed by atoms with Crippen LogP contribution in [0, 0.1) is 13.8 Å². The molecule has 148 valence electrons. The molecular weight excluding hydrogens is 380 g/mol. The zero-order chi connectivity index (χ0) is 20.6. The first-order valence-corrected chi connectivity index (χ1v) is 9.88. The fourth-order valence-electron chi connectivity index (χ4n) is 2.82. The molecule has 0 aliphatic carbocycles. The maximum atomic E-state index is 12.5. The Kier molecular flexibility index (Phi) is 6.98. The van der Waals surface area contributed by atoms with Crippen molar-refractivity contribution in [2.75, 3.05) is 11.9 Å². The Morgan fingerprint density at radius 2 is 1.72 bits per heavy atom. The van der Waals surface area contributed by atoms with Crippen molar-refractivity contribution in [3.05, 3.63) is 95.1 Å². The molecule has 29 heavy (non-hydrogen) atoms. The lowest BCUT2D eigenvalue weighted by Crippen LogP contribution is -2.34. The number of rotatable bonds is 6. The molecule has 3 aromatic carbocycles. The number of hydrogen-bond acceptors (Lipinski definition) is 3. The van der Waals surface area contributed by atoms with E-state index in [9.17, 15) is 4.79 Å². The van der Waals surface area contributed by atoms with Crippen LogP contribution in [0.3, 0.4) is 0 Å². The molecule has 0 aliphatic heterocycles. The molecule has 0 unspecified atom stereocenters. The monoisotopic (exact) mass is 404 g/mol. The van der Waals surface area contributed by atoms with Crippen LogP contribution in [0.2, 0.25) is 0 Å². The van der Waals surface area contributed by atoms with Crippen LogP contribution in [0.5, 0.6) is 5.75 Å². The van der Waals surface area contributed by atoms with E-state index < -0.39 is 0 Å². The average Bonchev–Trinajstić information content (AvgIpc) is 2.72. The molecule has 3 aromatic rings. The predicted molar refractivity (Wildman–Crippen MR) is 122 cm³/mol. The van der Waals surface area contributed by atoms with Crippen LogP contribution in [-0.4, -0.2) is 17.6 Å². The highest BCUT2D eigenvalue weighted by Gasteiger charge is 2.09. The predicted octanol–water partition coefficient (Wildman–Crippen LogP) is 5.05. The first kappa shape index (κ1) is 20.6. The minimum Gasteiger partial charge on any atom is -0.493 e. The van der Waals surface area contributed by atoms with E-state index in [-0.39, 0.29) is 11.0 Å². The van der Waals surface area contributed by atoms with E-state index in [0.717, 1.165) is 17.7 Å². The number of thiocarbonyl (C=S) groups is 1. The molecule has 4 nitrogen and oxygen atoms in total. The second-order valence-corrected chi connectivity index (χ2v) is 7.23. The van der Waals surface area contributed by atoms with Gasteiger partial charge in [0, 0.05) is 17.7 Å². The zero-order valence-electron chi connectivity index (χ0n) is 16.6. The number of carbonyl (C=O) groups is 1. The lowest BCUT2D eigenvalue weighted by molar-refractivity contribution is 0.0977. The summed E-state index contributed by atoms with van der Waals surface area (Å²) in [6.07, 6.45) is 0.807. The smallest absolute Gasteiger partial charge is 0.257 e. The minimum atomic E-state index is -0.278. The summed E-state index contributed by atoms with van der Waals surface area (Å²) in [5.74, 6) is 0.376. The molecule has 0 aliphatic rings. The van der Waals surface area contributed by atoms with Crippen LogP contribution in [0.25, 0.3) is 0 Å². The highest BCUT2D eigenvalue weighted by Crippen LogP contribution is 2.15. The van der Waals surface area contributed by atoms with Crippen LogP contribution in [0.15, 0.2) is 72.8 Å². The molecule has 1 amide bonds. The number of carbonyl (C=O) groups excluding carboxylic acids is 1. The highest BCUT2D eigenvalue weighted by molar-refractivity contribution is 7.80. The Morgan fingerprint density at radius 1 is 0.931 bits per heavy atom. The summed E-state index contributed by atoms with van der Waals surface area (Å²) < 4.78 is 5.80. The van der Waals surface area contributed by atoms with E-state index >= 15 is 0 Å². The van der Waals surface area contributed by atoms with Crippen molar-refractivity contribution in [2.45, 2.75) is 20.3 Å². The fraction of sp³-hybridized carbons (Fsp3) is 0.167. The van der Waals surface area contributed by atoms with Gasteiger partial charge in [0.25, 0.3) is 5.91 Å². The molecule has 0 spiro atoms. The van der Waals surface area contributed by atoms with Crippen LogP contribution in [0.4, 0.5) is 5.69 Å². The van der Waals surface area contributed by atoms with Gasteiger partial charge in [0.1, 0.15) is 5.75 Å². The van der Waals surface area contributed by atoms with Gasteiger partial charge in [-0.15, -0.1) is 0 Å². The van der Waals surface area contributed by atoms with Gasteiger partial charge in [0.05, 0.1) is 6.61 Å². The molecular formula is C24H24N2O2S. The number of aryl methyl sites for hydroxylation is 2. The Morgan fingerprint density at radius 3 is 2.48 bits per heavy atom. The van der Waals surface area contributed by atoms with Gasteiger partial charge in [-0.3, -0.25) is 10.1 Å². The number of ether oxygens (including phenoxy) is 1. The van der Waals surface area contributed by atoms with E-state index in [1.807, 2.05) is 56.3 Å². The molecule has 0 bridgehead atoms. The molecule has 0 radical (unpaired) electrons. The molecule has 5 heteroatoms. The standard InChI is InChI=1S/C24H24N2O2S/c1-17-11-12-21(15-18(17)2)25-24(29)26-23(27)20-9-6-10-22(16-20)28-14-13-19-7-4-3-5-8-19/h3-12,15-16H,13-14H2,1-2H3,(H2,25,26,27,29). The summed E-state index contributed by atoms with van der Waals surface area (Å²) in [5, 5.41) is 6.02. The summed E-state index contributed by atoms with van der Waals surface area (Å²) in [5.41, 5.74) is 4.91. The molecule has 3 rings (SSSR count). The van der Waals surface area contributed by atoms with E-state index in [1.165, 1.54) is 11.1 Å². The zero-order valence-corrected chi connectivity index (χ0v) is 17.4. The maximum Gasteiger partial charge on any atom is 0.257 e. The highest BCUT2D eigenvalue weighted by atomic mass is 32.1. The number of benzene rings is 3. The largest absolute Gasteiger partial charge is 0.493 e. The van der Waals surface area contributed by atoms with E-state index in [4.69, 9.17) is 17.0 Å². The van der Waals surface area contributed by atoms with Crippen molar-refractivity contribution >= 4 is 28.9 Å². The van der Waals surface area contributed by atoms with Gasteiger partial charge in [0.15, 0.2) is 5.11 Å². The minimum absolute atomic E-state index is 0.258. The van der Waals surface area contributed by atoms with Crippen LogP contribution >= 0.6 is 12.2 Å². The second kappa shape index (κ2) is 9.85. The summed E-state index contributed by atoms with van der Waals surface area (Å²) in [6.45, 7) is 4.63. The van der Waals surface area contributed by atoms with Gasteiger partial charge < -0.3 is 10.1 Å². The van der Waals surface area contributed by atoms with E-state index in [1.54, 1.807) is 18.2 Å². The van der Waals surface area contributed by atoms with E-state index in [2.05, 4.69) is 22.8 Å². The van der Waals surface area contributed by atoms with Crippen molar-refractivity contribution in [1.82, 2.24) is 5.32 Å². The van der Waals surface area contributed by atoms with Crippen molar-refractivity contribution in [2.24, 2.45) is 0 Å². The van der Waals surface area contributed by atoms with Gasteiger partial charge in [-0.25, -0.2) is 0 Å². The first-order chi connectivity index (χ1) is 14.0. The molecule has 0 saturated carbocycles. The van der Waals surface area contributed by atoms with Gasteiger partial charge in [-0.2, -0.15) is 0 Å².